The van der Waals surface area contributed by atoms with Gasteiger partial charge in [0.15, 0.2) is 0 Å². The van der Waals surface area contributed by atoms with Gasteiger partial charge in [-0.2, -0.15) is 0 Å². The predicted molar refractivity (Wildman–Crippen MR) is 641 cm³/mol. The Morgan fingerprint density at radius 2 is 0.824 bits per heavy atom. The highest BCUT2D eigenvalue weighted by atomic mass is 32.2. The Kier molecular flexibility index (Phi) is 44.3. The van der Waals surface area contributed by atoms with Crippen LogP contribution in [0.5, 0.6) is 11.5 Å². The van der Waals surface area contributed by atoms with Crippen LogP contribution >= 0.6 is 57.5 Å². The molecular formula is C135H150N6O2S5. The van der Waals surface area contributed by atoms with E-state index in [2.05, 4.69) is 435 Å². The minimum absolute atomic E-state index is 0.0200. The number of anilines is 1. The zero-order valence-electron chi connectivity index (χ0n) is 88.5. The number of unbranched alkanes of at least 4 members (excludes halogenated alkanes) is 6. The first-order chi connectivity index (χ1) is 72.5. The molecule has 0 fully saturated rings. The molecule has 0 amide bonds. The van der Waals surface area contributed by atoms with E-state index < -0.39 is 0 Å². The quantitative estimate of drug-likeness (QED) is 0.0187. The van der Waals surface area contributed by atoms with Gasteiger partial charge in [0.05, 0.1) is 34.0 Å². The van der Waals surface area contributed by atoms with E-state index in [0.717, 1.165) is 121 Å². The topological polar surface area (TPSA) is 115 Å². The lowest BCUT2D eigenvalue weighted by Gasteiger charge is -2.26. The number of aromatic nitrogens is 3. The molecule has 0 aliphatic carbocycles. The molecule has 0 radical (unpaired) electrons. The molecule has 0 saturated carbocycles. The van der Waals surface area contributed by atoms with Gasteiger partial charge in [-0.05, 0) is 239 Å². The van der Waals surface area contributed by atoms with Gasteiger partial charge < -0.3 is 26.2 Å². The van der Waals surface area contributed by atoms with E-state index in [1.54, 1.807) is 45.8 Å². The number of hydrogen-bond donors (Lipinski definition) is 5. The molecule has 5 N–H and O–H groups in total. The number of hydrogen-bond acceptors (Lipinski definition) is 13. The van der Waals surface area contributed by atoms with Crippen molar-refractivity contribution in [3.8, 4) is 55.6 Å². The Balaban J connectivity index is 0.000000146. The molecule has 762 valence electrons. The van der Waals surface area contributed by atoms with Crippen LogP contribution in [0.15, 0.2) is 397 Å². The number of thiazole rings is 3. The van der Waals surface area contributed by atoms with Crippen LogP contribution in [0.4, 0.5) is 5.69 Å². The Hall–Kier alpha value is -12.5. The van der Waals surface area contributed by atoms with Gasteiger partial charge in [0.1, 0.15) is 32.6 Å². The molecule has 0 spiro atoms. The average Bonchev–Trinajstić information content (AvgIpc) is 0.987. The molecule has 0 aliphatic rings. The average molecular weight is 2050 g/mol. The van der Waals surface area contributed by atoms with Gasteiger partial charge in [-0.15, -0.1) is 57.5 Å². The Morgan fingerprint density at radius 1 is 0.358 bits per heavy atom. The highest BCUT2D eigenvalue weighted by Gasteiger charge is 2.29. The van der Waals surface area contributed by atoms with Crippen LogP contribution in [0.3, 0.4) is 0 Å². The second-order valence-corrected chi connectivity index (χ2v) is 44.4. The van der Waals surface area contributed by atoms with E-state index in [9.17, 15) is 10.2 Å². The highest BCUT2D eigenvalue weighted by molar-refractivity contribution is 8.00. The van der Waals surface area contributed by atoms with E-state index in [1.807, 2.05) is 65.8 Å². The van der Waals surface area contributed by atoms with E-state index in [4.69, 9.17) is 9.97 Å². The second-order valence-electron chi connectivity index (χ2n) is 39.3. The first-order valence-corrected chi connectivity index (χ1v) is 58.3. The van der Waals surface area contributed by atoms with E-state index >= 15 is 0 Å². The fourth-order valence-corrected chi connectivity index (χ4v) is 23.2. The highest BCUT2D eigenvalue weighted by Crippen LogP contribution is 2.50. The normalized spacial score (nSPS) is 12.2. The molecule has 5 unspecified atom stereocenters. The Labute approximate surface area is 904 Å². The van der Waals surface area contributed by atoms with Crippen LogP contribution in [0.2, 0.25) is 0 Å². The molecule has 0 bridgehead atoms. The van der Waals surface area contributed by atoms with E-state index in [-0.39, 0.29) is 34.0 Å². The largest absolute Gasteiger partial charge is 0.507 e. The third-order valence-electron chi connectivity index (χ3n) is 26.9. The lowest BCUT2D eigenvalue weighted by molar-refractivity contribution is 0.469. The molecule has 5 atom stereocenters. The molecule has 3 aromatic heterocycles. The first kappa shape index (κ1) is 111. The molecule has 18 rings (SSSR count). The summed E-state index contributed by atoms with van der Waals surface area (Å²) in [7, 11) is 0. The fraction of sp³-hybridized carbons (Fsp3) is 0.281. The number of nitrogens with one attached hydrogen (secondary N) is 3. The predicted octanol–water partition coefficient (Wildman–Crippen LogP) is 37.7. The van der Waals surface area contributed by atoms with Gasteiger partial charge in [-0.1, -0.05) is 441 Å². The van der Waals surface area contributed by atoms with Crippen molar-refractivity contribution < 1.29 is 10.2 Å². The maximum atomic E-state index is 11.7. The summed E-state index contributed by atoms with van der Waals surface area (Å²) in [4.78, 5) is 15.7. The maximum Gasteiger partial charge on any atom is 0.128 e. The van der Waals surface area contributed by atoms with Crippen LogP contribution in [0.1, 0.15) is 274 Å². The lowest BCUT2D eigenvalue weighted by Crippen LogP contribution is -2.23. The number of rotatable bonds is 43. The number of aryl methyl sites for hydroxylation is 7. The third-order valence-corrected chi connectivity index (χ3v) is 32.2. The SMILES string of the molecule is CC(C)(C)c1cc(-c2ccccc2)c(O)c(C(Sc2ccccc2)c2ccccc2)c1.CCCCNC(c1ccc(CCCC)cc1)c1csc(-c2ccccc2)n1.CCCCNC(c1ccc(CCCC)cc1)c1nc(-c2ccc(CC)cc2)cs1.CCCCc1ccc(NC(c2ccc(CCCC)cc2)c2nccs2)cc1.Cc1cc(-c2cccc3ccccc23)c(O)c(C(SCCc2ccccc2)c2ccccc2)c1. The zero-order chi connectivity index (χ0) is 103. The smallest absolute Gasteiger partial charge is 0.128 e. The Bertz CT molecular complexity index is 6860. The van der Waals surface area contributed by atoms with Gasteiger partial charge in [0, 0.05) is 66.3 Å². The molecule has 18 aromatic rings. The molecule has 3 heterocycles. The minimum atomic E-state index is -0.0371. The van der Waals surface area contributed by atoms with Crippen LogP contribution in [-0.4, -0.2) is 44.0 Å². The summed E-state index contributed by atoms with van der Waals surface area (Å²) in [6, 6.07) is 131. The van der Waals surface area contributed by atoms with Crippen LogP contribution in [0, 0.1) is 6.92 Å². The number of fused-ring (bicyclic) bond motifs is 1. The number of aromatic hydroxyl groups is 2. The fourth-order valence-electron chi connectivity index (χ4n) is 18.2. The Morgan fingerprint density at radius 3 is 1.36 bits per heavy atom. The van der Waals surface area contributed by atoms with Crippen LogP contribution in [0.25, 0.3) is 54.9 Å². The van der Waals surface area contributed by atoms with Crippen molar-refractivity contribution in [2.75, 3.05) is 24.2 Å². The van der Waals surface area contributed by atoms with Crippen molar-refractivity contribution >= 4 is 74.0 Å². The van der Waals surface area contributed by atoms with Crippen molar-refractivity contribution in [1.82, 2.24) is 25.6 Å². The van der Waals surface area contributed by atoms with Crippen LogP contribution < -0.4 is 16.0 Å². The summed E-state index contributed by atoms with van der Waals surface area (Å²) in [5.41, 5.74) is 28.5. The lowest BCUT2D eigenvalue weighted by atomic mass is 9.83. The minimum Gasteiger partial charge on any atom is -0.507 e. The van der Waals surface area contributed by atoms with Crippen molar-refractivity contribution in [1.29, 1.82) is 0 Å². The maximum absolute atomic E-state index is 11.7. The first-order valence-electron chi connectivity index (χ1n) is 53.8. The van der Waals surface area contributed by atoms with Crippen molar-refractivity contribution in [2.24, 2.45) is 0 Å². The zero-order valence-corrected chi connectivity index (χ0v) is 92.6. The second kappa shape index (κ2) is 59.0. The van der Waals surface area contributed by atoms with Crippen LogP contribution in [-0.2, 0) is 43.9 Å². The van der Waals surface area contributed by atoms with Gasteiger partial charge in [-0.3, -0.25) is 0 Å². The summed E-state index contributed by atoms with van der Waals surface area (Å²) >= 11 is 8.86. The summed E-state index contributed by atoms with van der Waals surface area (Å²) in [5.74, 6) is 1.71. The summed E-state index contributed by atoms with van der Waals surface area (Å²) in [6.45, 7) is 26.4. The van der Waals surface area contributed by atoms with Crippen molar-refractivity contribution in [3.63, 3.8) is 0 Å². The van der Waals surface area contributed by atoms with Gasteiger partial charge in [-0.25, -0.2) is 15.0 Å². The summed E-state index contributed by atoms with van der Waals surface area (Å²) in [6.07, 6.45) is 23.3. The van der Waals surface area contributed by atoms with Gasteiger partial charge in [0.2, 0.25) is 0 Å². The molecule has 15 aromatic carbocycles. The summed E-state index contributed by atoms with van der Waals surface area (Å²) in [5, 5.41) is 46.5. The standard InChI is InChI=1S/C32H28OS.C29H28OS.C26H34N2S.2C24H30N2S/c1-23-21-29(28-18-10-16-25-13-8-9-17-27(25)28)31(33)30(22-23)32(26-14-6-3-7-15-26)34-20-19-24-11-4-2-5-12-24;1-29(2,3)23-19-25(21-13-7-4-8-14-21)27(30)26(20-23)28(22-15-9-5-10-16-22)31-24-17-11-6-12-18-24;1-4-7-9-21-12-16-23(17-13-21)25(27-18-8-5-2)26-28-24(19-29-26)22-14-10-20(6-3)11-15-22;1-3-5-10-19-13-15-20(16-14-19)23(25-17-6-4-2)22-18-27-24(26-22)21-11-8-7-9-12-21;1-3-5-7-19-9-13-21(14-10-19)23(24-25-17-18-27-24)26-22-15-11-20(12-16-22)8-6-4-2/h2-18,21-22,32-33H,19-20H2,1H3;4-20,28,30H,1-3H3;10-17,19,25,27H,4-9,18H2,1-3H3;7-9,11-16,18,23,25H,3-6,10,17H2,1-2H3;9-18,23,26H,3-8H2,1-2H3. The molecular weight excluding hydrogens is 1900 g/mol. The molecule has 0 saturated heterocycles. The van der Waals surface area contributed by atoms with Crippen molar-refractivity contribution in [2.45, 2.75) is 231 Å². The number of phenols is 2. The molecule has 13 heteroatoms. The molecule has 148 heavy (non-hydrogen) atoms. The van der Waals surface area contributed by atoms with Gasteiger partial charge >= 0.3 is 0 Å². The van der Waals surface area contributed by atoms with E-state index in [1.165, 1.54) is 178 Å². The molecule has 8 nitrogen and oxygen atoms in total. The number of nitrogens with zero attached hydrogens (tertiary/aromatic N) is 3. The number of phenolic OH excluding ortho intramolecular Hbond substituents is 2. The summed E-state index contributed by atoms with van der Waals surface area (Å²) < 4.78 is 0. The third kappa shape index (κ3) is 32.7. The number of thioether (sulfide) groups is 2. The molecule has 0 aliphatic heterocycles. The van der Waals surface area contributed by atoms with Crippen molar-refractivity contribution in [3.05, 3.63) is 492 Å². The monoisotopic (exact) mass is 2050 g/mol. The van der Waals surface area contributed by atoms with Gasteiger partial charge in [0.25, 0.3) is 0 Å². The number of benzene rings is 15. The van der Waals surface area contributed by atoms with E-state index in [0.29, 0.717) is 11.5 Å².